The van der Waals surface area contributed by atoms with Crippen molar-refractivity contribution in [3.63, 3.8) is 0 Å². The van der Waals surface area contributed by atoms with Crippen LogP contribution in [-0.2, 0) is 0 Å². The minimum atomic E-state index is -0.356. The van der Waals surface area contributed by atoms with Crippen LogP contribution in [0.5, 0.6) is 5.88 Å². The zero-order chi connectivity index (χ0) is 17.8. The molecule has 0 saturated heterocycles. The second-order valence-corrected chi connectivity index (χ2v) is 5.37. The Morgan fingerprint density at radius 3 is 2.64 bits per heavy atom. The van der Waals surface area contributed by atoms with Crippen molar-refractivity contribution < 1.29 is 9.53 Å². The quantitative estimate of drug-likeness (QED) is 0.565. The Bertz CT molecular complexity index is 954. The molecule has 0 saturated carbocycles. The van der Waals surface area contributed by atoms with Crippen LogP contribution in [0.4, 0.5) is 5.95 Å². The molecule has 3 rings (SSSR count). The van der Waals surface area contributed by atoms with Crippen LogP contribution in [0.3, 0.4) is 0 Å². The Kier molecular flexibility index (Phi) is 4.56. The number of fused-ring (bicyclic) bond motifs is 1. The molecule has 0 bridgehead atoms. The number of nitrogens with one attached hydrogen (secondary N) is 1. The third-order valence-corrected chi connectivity index (χ3v) is 3.50. The number of aromatic nitrogens is 2. The molecule has 0 spiro atoms. The van der Waals surface area contributed by atoms with Gasteiger partial charge in [-0.25, -0.2) is 4.98 Å². The molecule has 0 aliphatic carbocycles. The molecule has 3 aromatic rings. The first kappa shape index (κ1) is 16.4. The number of hydrogen-bond donors (Lipinski definition) is 2. The Morgan fingerprint density at radius 2 is 1.92 bits per heavy atom. The number of rotatable bonds is 3. The fraction of sp³-hybridized carbons (Fsp3) is 0.111. The van der Waals surface area contributed by atoms with E-state index < -0.39 is 0 Å². The average molecular weight is 335 g/mol. The molecule has 0 unspecified atom stereocenters. The Morgan fingerprint density at radius 1 is 1.16 bits per heavy atom. The number of aryl methyl sites for hydroxylation is 1. The van der Waals surface area contributed by atoms with Crippen molar-refractivity contribution in [2.45, 2.75) is 6.92 Å². The number of guanidine groups is 1. The number of ether oxygens (including phenoxy) is 1. The third-order valence-electron chi connectivity index (χ3n) is 3.50. The summed E-state index contributed by atoms with van der Waals surface area (Å²) < 4.78 is 5.31. The normalized spacial score (nSPS) is 11.4. The standard InChI is InChI=1S/C18H17N5O2/c1-11-8-9-14-13(10-11)16(25-2)22-18(20-14)23-17(19)21-15(24)12-6-4-3-5-7-12/h3-10H,1-2H3,(H3,19,20,21,22,23,24). The van der Waals surface area contributed by atoms with Gasteiger partial charge in [-0.3, -0.25) is 10.1 Å². The molecule has 0 atom stereocenters. The van der Waals surface area contributed by atoms with Gasteiger partial charge in [0, 0.05) is 5.56 Å². The van der Waals surface area contributed by atoms with E-state index in [4.69, 9.17) is 10.5 Å². The summed E-state index contributed by atoms with van der Waals surface area (Å²) in [5.41, 5.74) is 8.03. The first-order chi connectivity index (χ1) is 12.1. The highest BCUT2D eigenvalue weighted by Gasteiger charge is 2.10. The minimum Gasteiger partial charge on any atom is -0.480 e. The van der Waals surface area contributed by atoms with Gasteiger partial charge < -0.3 is 10.5 Å². The van der Waals surface area contributed by atoms with Crippen LogP contribution in [-0.4, -0.2) is 28.9 Å². The van der Waals surface area contributed by atoms with Crippen molar-refractivity contribution in [3.8, 4) is 5.88 Å². The smallest absolute Gasteiger partial charge is 0.257 e. The Labute approximate surface area is 144 Å². The van der Waals surface area contributed by atoms with Crippen molar-refractivity contribution in [1.29, 1.82) is 0 Å². The van der Waals surface area contributed by atoms with Gasteiger partial charge in [-0.05, 0) is 31.2 Å². The first-order valence-corrected chi connectivity index (χ1v) is 7.60. The van der Waals surface area contributed by atoms with Crippen LogP contribution < -0.4 is 15.8 Å². The fourth-order valence-electron chi connectivity index (χ4n) is 2.32. The first-order valence-electron chi connectivity index (χ1n) is 7.60. The number of aliphatic imine (C=N–C) groups is 1. The number of methoxy groups -OCH3 is 1. The number of nitrogens with two attached hydrogens (primary N) is 1. The van der Waals surface area contributed by atoms with Crippen LogP contribution in [0.2, 0.25) is 0 Å². The molecular formula is C18H17N5O2. The molecule has 126 valence electrons. The van der Waals surface area contributed by atoms with E-state index in [0.717, 1.165) is 10.9 Å². The summed E-state index contributed by atoms with van der Waals surface area (Å²) in [6, 6.07) is 14.4. The van der Waals surface area contributed by atoms with Gasteiger partial charge >= 0.3 is 0 Å². The largest absolute Gasteiger partial charge is 0.480 e. The van der Waals surface area contributed by atoms with Gasteiger partial charge in [0.1, 0.15) is 0 Å². The number of carbonyl (C=O) groups is 1. The van der Waals surface area contributed by atoms with Crippen LogP contribution in [0, 0.1) is 6.92 Å². The minimum absolute atomic E-state index is 0.0950. The number of carbonyl (C=O) groups excluding carboxylic acids is 1. The van der Waals surface area contributed by atoms with Crippen LogP contribution in [0.15, 0.2) is 53.5 Å². The summed E-state index contributed by atoms with van der Waals surface area (Å²) in [7, 11) is 1.53. The zero-order valence-corrected chi connectivity index (χ0v) is 13.9. The Hall–Kier alpha value is -3.48. The lowest BCUT2D eigenvalue weighted by atomic mass is 10.2. The predicted octanol–water partition coefficient (Wildman–Crippen LogP) is 2.32. The summed E-state index contributed by atoms with van der Waals surface area (Å²) in [6.45, 7) is 1.97. The Balaban J connectivity index is 1.89. The van der Waals surface area contributed by atoms with Crippen molar-refractivity contribution in [2.24, 2.45) is 10.7 Å². The van der Waals surface area contributed by atoms with E-state index in [0.29, 0.717) is 17.0 Å². The maximum atomic E-state index is 12.1. The van der Waals surface area contributed by atoms with E-state index >= 15 is 0 Å². The molecule has 7 heteroatoms. The summed E-state index contributed by atoms with van der Waals surface area (Å²) in [5.74, 6) is 0.0568. The predicted molar refractivity (Wildman–Crippen MR) is 96.0 cm³/mol. The molecule has 1 amide bonds. The van der Waals surface area contributed by atoms with Gasteiger partial charge in [0.25, 0.3) is 11.9 Å². The molecule has 0 fully saturated rings. The second kappa shape index (κ2) is 6.96. The van der Waals surface area contributed by atoms with Crippen LogP contribution in [0.1, 0.15) is 15.9 Å². The topological polar surface area (TPSA) is 102 Å². The highest BCUT2D eigenvalue weighted by Crippen LogP contribution is 2.25. The summed E-state index contributed by atoms with van der Waals surface area (Å²) in [5, 5.41) is 3.29. The summed E-state index contributed by atoms with van der Waals surface area (Å²) in [6.07, 6.45) is 0. The molecule has 7 nitrogen and oxygen atoms in total. The number of amides is 1. The molecule has 2 aromatic carbocycles. The van der Waals surface area contributed by atoms with Gasteiger partial charge in [-0.2, -0.15) is 9.98 Å². The molecule has 1 aromatic heterocycles. The van der Waals surface area contributed by atoms with Crippen LogP contribution in [0.25, 0.3) is 10.9 Å². The molecule has 1 heterocycles. The van der Waals surface area contributed by atoms with Crippen molar-refractivity contribution in [2.75, 3.05) is 7.11 Å². The lowest BCUT2D eigenvalue weighted by Crippen LogP contribution is -2.36. The van der Waals surface area contributed by atoms with E-state index in [9.17, 15) is 4.79 Å². The lowest BCUT2D eigenvalue weighted by molar-refractivity contribution is 0.0976. The summed E-state index contributed by atoms with van der Waals surface area (Å²) >= 11 is 0. The van der Waals surface area contributed by atoms with Gasteiger partial charge in [-0.1, -0.05) is 29.8 Å². The van der Waals surface area contributed by atoms with E-state index in [2.05, 4.69) is 20.3 Å². The average Bonchev–Trinajstić information content (AvgIpc) is 2.62. The molecule has 0 radical (unpaired) electrons. The number of benzene rings is 2. The summed E-state index contributed by atoms with van der Waals surface area (Å²) in [4.78, 5) is 24.7. The van der Waals surface area contributed by atoms with E-state index in [-0.39, 0.29) is 17.8 Å². The highest BCUT2D eigenvalue weighted by molar-refractivity contribution is 6.05. The molecule has 3 N–H and O–H groups in total. The van der Waals surface area contributed by atoms with E-state index in [1.54, 1.807) is 24.3 Å². The van der Waals surface area contributed by atoms with Crippen molar-refractivity contribution in [1.82, 2.24) is 15.3 Å². The maximum Gasteiger partial charge on any atom is 0.257 e. The van der Waals surface area contributed by atoms with Gasteiger partial charge in [0.05, 0.1) is 18.0 Å². The van der Waals surface area contributed by atoms with Crippen LogP contribution >= 0.6 is 0 Å². The SMILES string of the molecule is COc1nc(/N=C(/N)NC(=O)c2ccccc2)nc2ccc(C)cc12. The highest BCUT2D eigenvalue weighted by atomic mass is 16.5. The fourth-order valence-corrected chi connectivity index (χ4v) is 2.32. The van der Waals surface area contributed by atoms with E-state index in [1.807, 2.05) is 31.2 Å². The molecular weight excluding hydrogens is 318 g/mol. The maximum absolute atomic E-state index is 12.1. The molecule has 0 aliphatic heterocycles. The molecule has 25 heavy (non-hydrogen) atoms. The van der Waals surface area contributed by atoms with Gasteiger partial charge in [0.2, 0.25) is 11.8 Å². The second-order valence-electron chi connectivity index (χ2n) is 5.37. The van der Waals surface area contributed by atoms with Crippen molar-refractivity contribution >= 4 is 28.7 Å². The number of hydrogen-bond acceptors (Lipinski definition) is 5. The van der Waals surface area contributed by atoms with Gasteiger partial charge in [-0.15, -0.1) is 0 Å². The molecule has 0 aliphatic rings. The van der Waals surface area contributed by atoms with E-state index in [1.165, 1.54) is 7.11 Å². The lowest BCUT2D eigenvalue weighted by Gasteiger charge is -2.07. The van der Waals surface area contributed by atoms with Gasteiger partial charge in [0.15, 0.2) is 0 Å². The monoisotopic (exact) mass is 335 g/mol. The zero-order valence-electron chi connectivity index (χ0n) is 13.9. The number of nitrogens with zero attached hydrogens (tertiary/aromatic N) is 3. The third kappa shape index (κ3) is 3.72. The van der Waals surface area contributed by atoms with Crippen molar-refractivity contribution in [3.05, 3.63) is 59.7 Å².